The summed E-state index contributed by atoms with van der Waals surface area (Å²) >= 11 is 7.20. The molecule has 0 saturated carbocycles. The summed E-state index contributed by atoms with van der Waals surface area (Å²) in [4.78, 5) is 12.7. The van der Waals surface area contributed by atoms with E-state index in [1.165, 1.54) is 29.5 Å². The number of hydrogen-bond acceptors (Lipinski definition) is 3. The molecule has 0 amide bonds. The quantitative estimate of drug-likeness (QED) is 0.672. The van der Waals surface area contributed by atoms with Gasteiger partial charge in [-0.15, -0.1) is 11.3 Å². The summed E-state index contributed by atoms with van der Waals surface area (Å²) < 4.78 is 0.696. The number of benzene rings is 1. The second-order valence-electron chi connectivity index (χ2n) is 3.39. The molecule has 0 aliphatic heterocycles. The van der Waals surface area contributed by atoms with E-state index in [9.17, 15) is 4.79 Å². The van der Waals surface area contributed by atoms with Crippen LogP contribution in [0.4, 0.5) is 0 Å². The highest BCUT2D eigenvalue weighted by Crippen LogP contribution is 2.22. The van der Waals surface area contributed by atoms with Crippen molar-refractivity contribution >= 4 is 34.8 Å². The Morgan fingerprint density at radius 3 is 2.47 bits per heavy atom. The van der Waals surface area contributed by atoms with Crippen molar-refractivity contribution in [1.82, 2.24) is 0 Å². The Kier molecular flexibility index (Phi) is 3.61. The van der Waals surface area contributed by atoms with E-state index in [1.54, 1.807) is 24.3 Å². The molecule has 2 rings (SSSR count). The zero-order valence-corrected chi connectivity index (χ0v) is 10.3. The molecule has 4 heteroatoms. The maximum atomic E-state index is 11.7. The average Bonchev–Trinajstić information content (AvgIpc) is 2.73. The number of phenols is 1. The lowest BCUT2D eigenvalue weighted by Crippen LogP contribution is -1.92. The van der Waals surface area contributed by atoms with E-state index in [0.717, 1.165) is 4.88 Å². The van der Waals surface area contributed by atoms with E-state index in [0.29, 0.717) is 9.90 Å². The third-order valence-corrected chi connectivity index (χ3v) is 3.34. The number of aromatic hydroxyl groups is 1. The second-order valence-corrected chi connectivity index (χ2v) is 5.13. The topological polar surface area (TPSA) is 37.3 Å². The minimum Gasteiger partial charge on any atom is -0.508 e. The van der Waals surface area contributed by atoms with E-state index >= 15 is 0 Å². The number of ketones is 1. The Morgan fingerprint density at radius 1 is 1.18 bits per heavy atom. The van der Waals surface area contributed by atoms with Gasteiger partial charge in [0, 0.05) is 10.4 Å². The van der Waals surface area contributed by atoms with Crippen LogP contribution >= 0.6 is 22.9 Å². The van der Waals surface area contributed by atoms with Crippen LogP contribution in [0.3, 0.4) is 0 Å². The predicted molar refractivity (Wildman–Crippen MR) is 70.8 cm³/mol. The lowest BCUT2D eigenvalue weighted by Gasteiger charge is -1.95. The van der Waals surface area contributed by atoms with Gasteiger partial charge in [-0.1, -0.05) is 11.6 Å². The fourth-order valence-corrected chi connectivity index (χ4v) is 2.26. The van der Waals surface area contributed by atoms with E-state index in [2.05, 4.69) is 0 Å². The molecule has 0 spiro atoms. The minimum absolute atomic E-state index is 0.102. The van der Waals surface area contributed by atoms with Crippen molar-refractivity contribution in [3.8, 4) is 5.75 Å². The van der Waals surface area contributed by atoms with Crippen LogP contribution in [0.25, 0.3) is 6.08 Å². The van der Waals surface area contributed by atoms with Crippen LogP contribution < -0.4 is 0 Å². The van der Waals surface area contributed by atoms with Crippen LogP contribution in [-0.2, 0) is 0 Å². The molecule has 0 saturated heterocycles. The molecule has 1 aromatic carbocycles. The molecule has 0 bridgehead atoms. The summed E-state index contributed by atoms with van der Waals surface area (Å²) in [6, 6.07) is 9.80. The van der Waals surface area contributed by atoms with E-state index in [-0.39, 0.29) is 11.5 Å². The standard InChI is InChI=1S/C13H9ClO2S/c14-13-8-6-11(17-13)5-7-12(16)9-1-3-10(15)4-2-9/h1-8,15H. The Balaban J connectivity index is 2.11. The average molecular weight is 265 g/mol. The van der Waals surface area contributed by atoms with Crippen LogP contribution in [0.15, 0.2) is 42.5 Å². The van der Waals surface area contributed by atoms with Crippen molar-refractivity contribution in [3.05, 3.63) is 57.3 Å². The summed E-state index contributed by atoms with van der Waals surface area (Å²) in [6.45, 7) is 0. The molecule has 0 atom stereocenters. The van der Waals surface area contributed by atoms with Crippen molar-refractivity contribution in [2.24, 2.45) is 0 Å². The van der Waals surface area contributed by atoms with Crippen LogP contribution in [-0.4, -0.2) is 10.9 Å². The van der Waals surface area contributed by atoms with Crippen molar-refractivity contribution < 1.29 is 9.90 Å². The molecule has 2 nitrogen and oxygen atoms in total. The molecule has 1 aromatic heterocycles. The second kappa shape index (κ2) is 5.17. The van der Waals surface area contributed by atoms with Gasteiger partial charge in [0.05, 0.1) is 4.34 Å². The molecule has 1 N–H and O–H groups in total. The fourth-order valence-electron chi connectivity index (χ4n) is 1.30. The zero-order valence-electron chi connectivity index (χ0n) is 8.76. The molecule has 86 valence electrons. The monoisotopic (exact) mass is 264 g/mol. The first kappa shape index (κ1) is 11.9. The number of allylic oxidation sites excluding steroid dienone is 1. The summed E-state index contributed by atoms with van der Waals surface area (Å²) in [5.74, 6) is 0.0464. The Bertz CT molecular complexity index is 555. The number of rotatable bonds is 3. The number of thiophene rings is 1. The summed E-state index contributed by atoms with van der Waals surface area (Å²) in [5, 5.41) is 9.11. The maximum absolute atomic E-state index is 11.7. The van der Waals surface area contributed by atoms with Gasteiger partial charge in [-0.3, -0.25) is 4.79 Å². The normalized spacial score (nSPS) is 10.9. The summed E-state index contributed by atoms with van der Waals surface area (Å²) in [7, 11) is 0. The van der Waals surface area contributed by atoms with Crippen molar-refractivity contribution in [2.45, 2.75) is 0 Å². The van der Waals surface area contributed by atoms with E-state index < -0.39 is 0 Å². The van der Waals surface area contributed by atoms with Crippen LogP contribution in [0.5, 0.6) is 5.75 Å². The smallest absolute Gasteiger partial charge is 0.185 e. The molecule has 0 unspecified atom stereocenters. The van der Waals surface area contributed by atoms with Crippen LogP contribution in [0.2, 0.25) is 4.34 Å². The van der Waals surface area contributed by atoms with Crippen LogP contribution in [0.1, 0.15) is 15.2 Å². The molecule has 0 aliphatic carbocycles. The van der Waals surface area contributed by atoms with Crippen LogP contribution in [0, 0.1) is 0 Å². The molecular formula is C13H9ClO2S. The van der Waals surface area contributed by atoms with Gasteiger partial charge in [0.2, 0.25) is 0 Å². The third kappa shape index (κ3) is 3.19. The van der Waals surface area contributed by atoms with Gasteiger partial charge in [0.25, 0.3) is 0 Å². The third-order valence-electron chi connectivity index (χ3n) is 2.14. The highest BCUT2D eigenvalue weighted by molar-refractivity contribution is 7.17. The van der Waals surface area contributed by atoms with Gasteiger partial charge in [-0.05, 0) is 48.6 Å². The number of phenolic OH excluding ortho intramolecular Hbond substituents is 1. The first-order chi connectivity index (χ1) is 8.15. The lowest BCUT2D eigenvalue weighted by atomic mass is 10.1. The van der Waals surface area contributed by atoms with Gasteiger partial charge in [-0.25, -0.2) is 0 Å². The van der Waals surface area contributed by atoms with Gasteiger partial charge in [0.1, 0.15) is 5.75 Å². The molecule has 1 heterocycles. The Hall–Kier alpha value is -1.58. The summed E-state index contributed by atoms with van der Waals surface area (Å²) in [6.07, 6.45) is 3.22. The van der Waals surface area contributed by atoms with Gasteiger partial charge < -0.3 is 5.11 Å². The molecule has 2 aromatic rings. The van der Waals surface area contributed by atoms with Crippen molar-refractivity contribution in [1.29, 1.82) is 0 Å². The zero-order chi connectivity index (χ0) is 12.3. The predicted octanol–water partition coefficient (Wildman–Crippen LogP) is 4.00. The van der Waals surface area contributed by atoms with E-state index in [1.807, 2.05) is 6.07 Å². The van der Waals surface area contributed by atoms with Gasteiger partial charge >= 0.3 is 0 Å². The molecule has 0 aliphatic rings. The number of halogens is 1. The number of hydrogen-bond donors (Lipinski definition) is 1. The Labute approximate surface area is 108 Å². The Morgan fingerprint density at radius 2 is 1.88 bits per heavy atom. The fraction of sp³-hybridized carbons (Fsp3) is 0. The molecule has 0 fully saturated rings. The minimum atomic E-state index is -0.102. The van der Waals surface area contributed by atoms with Crippen molar-refractivity contribution in [2.75, 3.05) is 0 Å². The van der Waals surface area contributed by atoms with Gasteiger partial charge in [0.15, 0.2) is 5.78 Å². The number of carbonyl (C=O) groups excluding carboxylic acids is 1. The summed E-state index contributed by atoms with van der Waals surface area (Å²) in [5.41, 5.74) is 0.543. The first-order valence-electron chi connectivity index (χ1n) is 4.92. The highest BCUT2D eigenvalue weighted by Gasteiger charge is 2.01. The largest absolute Gasteiger partial charge is 0.508 e. The molecule has 0 radical (unpaired) electrons. The SMILES string of the molecule is O=C(C=Cc1ccc(Cl)s1)c1ccc(O)cc1. The maximum Gasteiger partial charge on any atom is 0.185 e. The number of carbonyl (C=O) groups is 1. The lowest BCUT2D eigenvalue weighted by molar-refractivity contribution is 0.104. The molecular weight excluding hydrogens is 256 g/mol. The van der Waals surface area contributed by atoms with Gasteiger partial charge in [-0.2, -0.15) is 0 Å². The first-order valence-corrected chi connectivity index (χ1v) is 6.11. The molecule has 17 heavy (non-hydrogen) atoms. The van der Waals surface area contributed by atoms with Crippen molar-refractivity contribution in [3.63, 3.8) is 0 Å². The highest BCUT2D eigenvalue weighted by atomic mass is 35.5. The van der Waals surface area contributed by atoms with E-state index in [4.69, 9.17) is 16.7 Å².